The van der Waals surface area contributed by atoms with Gasteiger partial charge in [0.25, 0.3) is 0 Å². The molecule has 0 aromatic rings. The molecule has 1 rings (SSSR count). The highest BCUT2D eigenvalue weighted by Gasteiger charge is 2.19. The van der Waals surface area contributed by atoms with Crippen molar-refractivity contribution in [2.75, 3.05) is 31.1 Å². The molecular weight excluding hydrogens is 226 g/mol. The summed E-state index contributed by atoms with van der Waals surface area (Å²) in [6.07, 6.45) is 0.639. The maximum Gasteiger partial charge on any atom is 0.191 e. The summed E-state index contributed by atoms with van der Waals surface area (Å²) in [7, 11) is -2.87. The lowest BCUT2D eigenvalue weighted by molar-refractivity contribution is 0.441. The van der Waals surface area contributed by atoms with Crippen molar-refractivity contribution >= 4 is 15.8 Å². The van der Waals surface area contributed by atoms with Crippen LogP contribution in [0.2, 0.25) is 0 Å². The van der Waals surface area contributed by atoms with E-state index in [0.29, 0.717) is 37.9 Å². The highest BCUT2D eigenvalue weighted by molar-refractivity contribution is 7.91. The van der Waals surface area contributed by atoms with Crippen LogP contribution in [0.15, 0.2) is 4.99 Å². The van der Waals surface area contributed by atoms with E-state index in [4.69, 9.17) is 5.73 Å². The maximum atomic E-state index is 11.4. The van der Waals surface area contributed by atoms with Crippen LogP contribution in [0.1, 0.15) is 20.3 Å². The standard InChI is InChI=1S/C10H21N3O2S/c1-9(2)8-12-10(11)13-4-3-6-16(14,15)7-5-13/h9H,3-8H2,1-2H3,(H2,11,12). The molecule has 0 aromatic heterocycles. The minimum atomic E-state index is -2.87. The van der Waals surface area contributed by atoms with Gasteiger partial charge in [-0.1, -0.05) is 13.8 Å². The number of sulfone groups is 1. The van der Waals surface area contributed by atoms with Crippen molar-refractivity contribution in [2.45, 2.75) is 20.3 Å². The smallest absolute Gasteiger partial charge is 0.191 e. The molecule has 1 saturated heterocycles. The Morgan fingerprint density at radius 2 is 2.06 bits per heavy atom. The van der Waals surface area contributed by atoms with Crippen LogP contribution in [-0.4, -0.2) is 50.4 Å². The van der Waals surface area contributed by atoms with Crippen LogP contribution in [0, 0.1) is 5.92 Å². The summed E-state index contributed by atoms with van der Waals surface area (Å²) in [5, 5.41) is 0. The van der Waals surface area contributed by atoms with E-state index < -0.39 is 9.84 Å². The molecule has 0 spiro atoms. The average molecular weight is 247 g/mol. The van der Waals surface area contributed by atoms with Gasteiger partial charge < -0.3 is 10.6 Å². The first-order valence-corrected chi connectivity index (χ1v) is 7.48. The van der Waals surface area contributed by atoms with Crippen molar-refractivity contribution < 1.29 is 8.42 Å². The quantitative estimate of drug-likeness (QED) is 0.554. The van der Waals surface area contributed by atoms with Gasteiger partial charge in [0.15, 0.2) is 15.8 Å². The van der Waals surface area contributed by atoms with E-state index in [1.807, 2.05) is 4.90 Å². The molecule has 1 heterocycles. The third kappa shape index (κ3) is 4.38. The maximum absolute atomic E-state index is 11.4. The lowest BCUT2D eigenvalue weighted by Crippen LogP contribution is -2.39. The summed E-state index contributed by atoms with van der Waals surface area (Å²) in [5.74, 6) is 1.39. The minimum Gasteiger partial charge on any atom is -0.370 e. The molecule has 0 radical (unpaired) electrons. The number of aliphatic imine (C=N–C) groups is 1. The van der Waals surface area contributed by atoms with Gasteiger partial charge in [-0.2, -0.15) is 0 Å². The second-order valence-corrected chi connectivity index (χ2v) is 6.89. The second-order valence-electron chi connectivity index (χ2n) is 4.59. The molecule has 0 saturated carbocycles. The summed E-state index contributed by atoms with van der Waals surface area (Å²) in [5.41, 5.74) is 5.84. The van der Waals surface area contributed by atoms with Gasteiger partial charge in [0.1, 0.15) is 0 Å². The van der Waals surface area contributed by atoms with E-state index in [1.165, 1.54) is 0 Å². The Labute approximate surface area is 97.6 Å². The third-order valence-corrected chi connectivity index (χ3v) is 4.21. The predicted molar refractivity (Wildman–Crippen MR) is 66.2 cm³/mol. The van der Waals surface area contributed by atoms with E-state index in [0.717, 1.165) is 0 Å². The van der Waals surface area contributed by atoms with Crippen molar-refractivity contribution in [1.29, 1.82) is 0 Å². The Balaban J connectivity index is 2.57. The molecule has 1 aliphatic heterocycles. The Morgan fingerprint density at radius 1 is 1.38 bits per heavy atom. The first-order valence-electron chi connectivity index (χ1n) is 5.66. The van der Waals surface area contributed by atoms with Crippen LogP contribution < -0.4 is 5.73 Å². The summed E-state index contributed by atoms with van der Waals surface area (Å²) in [6.45, 7) is 5.99. The molecular formula is C10H21N3O2S. The SMILES string of the molecule is CC(C)CN=C(N)N1CCCS(=O)(=O)CC1. The Hall–Kier alpha value is -0.780. The molecule has 0 bridgehead atoms. The van der Waals surface area contributed by atoms with Crippen molar-refractivity contribution in [3.63, 3.8) is 0 Å². The molecule has 1 aliphatic rings. The number of rotatable bonds is 2. The van der Waals surface area contributed by atoms with Crippen molar-refractivity contribution in [3.05, 3.63) is 0 Å². The van der Waals surface area contributed by atoms with Crippen LogP contribution in [0.5, 0.6) is 0 Å². The highest BCUT2D eigenvalue weighted by Crippen LogP contribution is 2.05. The molecule has 0 atom stereocenters. The zero-order chi connectivity index (χ0) is 12.2. The Morgan fingerprint density at radius 3 is 2.69 bits per heavy atom. The fourth-order valence-corrected chi connectivity index (χ4v) is 2.82. The minimum absolute atomic E-state index is 0.185. The number of hydrogen-bond acceptors (Lipinski definition) is 3. The molecule has 6 heteroatoms. The molecule has 0 amide bonds. The normalized spacial score (nSPS) is 22.2. The van der Waals surface area contributed by atoms with E-state index >= 15 is 0 Å². The van der Waals surface area contributed by atoms with E-state index in [2.05, 4.69) is 18.8 Å². The summed E-state index contributed by atoms with van der Waals surface area (Å²) < 4.78 is 22.8. The van der Waals surface area contributed by atoms with Gasteiger partial charge in [0.2, 0.25) is 0 Å². The molecule has 0 aliphatic carbocycles. The Bertz CT molecular complexity index is 349. The van der Waals surface area contributed by atoms with Crippen LogP contribution in [0.4, 0.5) is 0 Å². The molecule has 1 fully saturated rings. The summed E-state index contributed by atoms with van der Waals surface area (Å²) in [4.78, 5) is 6.13. The van der Waals surface area contributed by atoms with Gasteiger partial charge in [0, 0.05) is 19.6 Å². The number of hydrogen-bond donors (Lipinski definition) is 1. The fourth-order valence-electron chi connectivity index (χ4n) is 1.54. The third-order valence-electron chi connectivity index (χ3n) is 2.50. The van der Waals surface area contributed by atoms with Gasteiger partial charge in [0.05, 0.1) is 11.5 Å². The topological polar surface area (TPSA) is 75.8 Å². The van der Waals surface area contributed by atoms with Crippen LogP contribution in [0.25, 0.3) is 0 Å². The van der Waals surface area contributed by atoms with E-state index in [1.54, 1.807) is 0 Å². The largest absolute Gasteiger partial charge is 0.370 e. The summed E-state index contributed by atoms with van der Waals surface area (Å²) in [6, 6.07) is 0. The zero-order valence-electron chi connectivity index (χ0n) is 10.0. The van der Waals surface area contributed by atoms with Crippen LogP contribution in [-0.2, 0) is 9.84 Å². The number of nitrogens with zero attached hydrogens (tertiary/aromatic N) is 2. The van der Waals surface area contributed by atoms with Crippen molar-refractivity contribution in [3.8, 4) is 0 Å². The number of guanidine groups is 1. The van der Waals surface area contributed by atoms with Crippen molar-refractivity contribution in [1.82, 2.24) is 4.90 Å². The van der Waals surface area contributed by atoms with Crippen molar-refractivity contribution in [2.24, 2.45) is 16.6 Å². The molecule has 0 unspecified atom stereocenters. The molecule has 0 aromatic carbocycles. The molecule has 16 heavy (non-hydrogen) atoms. The van der Waals surface area contributed by atoms with E-state index in [9.17, 15) is 8.42 Å². The predicted octanol–water partition coefficient (Wildman–Crippen LogP) is 0.0776. The van der Waals surface area contributed by atoms with Crippen LogP contribution in [0.3, 0.4) is 0 Å². The Kier molecular flexibility index (Phi) is 4.58. The monoisotopic (exact) mass is 247 g/mol. The summed E-state index contributed by atoms with van der Waals surface area (Å²) >= 11 is 0. The molecule has 2 N–H and O–H groups in total. The van der Waals surface area contributed by atoms with Gasteiger partial charge in [-0.15, -0.1) is 0 Å². The van der Waals surface area contributed by atoms with Crippen LogP contribution >= 0.6 is 0 Å². The average Bonchev–Trinajstić information content (AvgIpc) is 2.35. The zero-order valence-corrected chi connectivity index (χ0v) is 10.8. The van der Waals surface area contributed by atoms with Gasteiger partial charge in [-0.25, -0.2) is 8.42 Å². The lowest BCUT2D eigenvalue weighted by atomic mass is 10.2. The first-order chi connectivity index (χ1) is 7.41. The molecule has 5 nitrogen and oxygen atoms in total. The van der Waals surface area contributed by atoms with Gasteiger partial charge in [-0.05, 0) is 12.3 Å². The number of nitrogens with two attached hydrogens (primary N) is 1. The highest BCUT2D eigenvalue weighted by atomic mass is 32.2. The lowest BCUT2D eigenvalue weighted by Gasteiger charge is -2.20. The fraction of sp³-hybridized carbons (Fsp3) is 0.900. The van der Waals surface area contributed by atoms with E-state index in [-0.39, 0.29) is 11.5 Å². The van der Waals surface area contributed by atoms with Gasteiger partial charge in [-0.3, -0.25) is 4.99 Å². The molecule has 94 valence electrons. The first kappa shape index (κ1) is 13.3. The second kappa shape index (κ2) is 5.52. The van der Waals surface area contributed by atoms with Gasteiger partial charge >= 0.3 is 0 Å².